The van der Waals surface area contributed by atoms with Crippen LogP contribution in [0, 0.1) is 5.82 Å². The molecular formula is C20H17BrFN3O3S. The van der Waals surface area contributed by atoms with Crippen LogP contribution in [0.5, 0.6) is 0 Å². The maximum atomic E-state index is 13.8. The van der Waals surface area contributed by atoms with Crippen LogP contribution in [0.1, 0.15) is 5.56 Å². The fourth-order valence-corrected chi connectivity index (χ4v) is 3.86. The molecule has 3 amide bonds. The SMILES string of the molecule is O=C(CNc1ccccc1Br)NCCN1C(=O)S/C(=C\c2ccccc2F)C1=O. The van der Waals surface area contributed by atoms with E-state index in [0.29, 0.717) is 0 Å². The van der Waals surface area contributed by atoms with Crippen molar-refractivity contribution in [3.8, 4) is 0 Å². The normalized spacial score (nSPS) is 15.1. The Morgan fingerprint density at radius 1 is 1.14 bits per heavy atom. The number of nitrogens with zero attached hydrogens (tertiary/aromatic N) is 1. The van der Waals surface area contributed by atoms with Gasteiger partial charge in [-0.1, -0.05) is 30.3 Å². The maximum absolute atomic E-state index is 13.8. The summed E-state index contributed by atoms with van der Waals surface area (Å²) in [6.45, 7) is 0.221. The lowest BCUT2D eigenvalue weighted by atomic mass is 10.2. The summed E-state index contributed by atoms with van der Waals surface area (Å²) in [5.41, 5.74) is 1.02. The van der Waals surface area contributed by atoms with Gasteiger partial charge in [0, 0.05) is 28.8 Å². The van der Waals surface area contributed by atoms with Crippen LogP contribution in [0.2, 0.25) is 0 Å². The van der Waals surface area contributed by atoms with E-state index in [1.54, 1.807) is 12.1 Å². The minimum Gasteiger partial charge on any atom is -0.375 e. The molecule has 2 aromatic rings. The Hall–Kier alpha value is -2.65. The first-order valence-electron chi connectivity index (χ1n) is 8.70. The molecule has 1 fully saturated rings. The lowest BCUT2D eigenvalue weighted by Gasteiger charge is -2.13. The first kappa shape index (κ1) is 21.1. The molecular weight excluding hydrogens is 461 g/mol. The number of amides is 3. The molecule has 9 heteroatoms. The van der Waals surface area contributed by atoms with Crippen molar-refractivity contribution >= 4 is 56.5 Å². The van der Waals surface area contributed by atoms with Crippen LogP contribution in [0.4, 0.5) is 14.9 Å². The molecule has 1 aliphatic rings. The van der Waals surface area contributed by atoms with E-state index in [4.69, 9.17) is 0 Å². The number of thioether (sulfide) groups is 1. The summed E-state index contributed by atoms with van der Waals surface area (Å²) in [4.78, 5) is 37.7. The summed E-state index contributed by atoms with van der Waals surface area (Å²) in [6.07, 6.45) is 1.36. The number of halogens is 2. The van der Waals surface area contributed by atoms with Crippen LogP contribution < -0.4 is 10.6 Å². The number of carbonyl (C=O) groups excluding carboxylic acids is 3. The quantitative estimate of drug-likeness (QED) is 0.592. The second-order valence-corrected chi connectivity index (χ2v) is 7.89. The number of para-hydroxylation sites is 1. The predicted octanol–water partition coefficient (Wildman–Crippen LogP) is 3.85. The van der Waals surface area contributed by atoms with Gasteiger partial charge in [-0.15, -0.1) is 0 Å². The molecule has 2 aromatic carbocycles. The highest BCUT2D eigenvalue weighted by atomic mass is 79.9. The number of hydrogen-bond donors (Lipinski definition) is 2. The molecule has 0 aromatic heterocycles. The third-order valence-electron chi connectivity index (χ3n) is 4.04. The fraction of sp³-hybridized carbons (Fsp3) is 0.150. The number of nitrogens with one attached hydrogen (secondary N) is 2. The van der Waals surface area contributed by atoms with E-state index in [2.05, 4.69) is 26.6 Å². The van der Waals surface area contributed by atoms with Crippen LogP contribution in [0.25, 0.3) is 6.08 Å². The maximum Gasteiger partial charge on any atom is 0.293 e. The Morgan fingerprint density at radius 3 is 2.62 bits per heavy atom. The van der Waals surface area contributed by atoms with Crippen LogP contribution >= 0.6 is 27.7 Å². The summed E-state index contributed by atoms with van der Waals surface area (Å²) >= 11 is 4.14. The molecule has 0 aliphatic carbocycles. The van der Waals surface area contributed by atoms with Crippen LogP contribution in [-0.2, 0) is 9.59 Å². The summed E-state index contributed by atoms with van der Waals surface area (Å²) in [7, 11) is 0. The van der Waals surface area contributed by atoms with Crippen molar-refractivity contribution in [2.24, 2.45) is 0 Å². The van der Waals surface area contributed by atoms with Crippen molar-refractivity contribution in [3.63, 3.8) is 0 Å². The first-order chi connectivity index (χ1) is 14.0. The molecule has 0 bridgehead atoms. The second-order valence-electron chi connectivity index (χ2n) is 6.04. The average molecular weight is 478 g/mol. The van der Waals surface area contributed by atoms with E-state index in [9.17, 15) is 18.8 Å². The van der Waals surface area contributed by atoms with Crippen molar-refractivity contribution in [2.45, 2.75) is 0 Å². The summed E-state index contributed by atoms with van der Waals surface area (Å²) in [5, 5.41) is 5.21. The van der Waals surface area contributed by atoms with Crippen LogP contribution in [0.3, 0.4) is 0 Å². The van der Waals surface area contributed by atoms with Gasteiger partial charge in [0.25, 0.3) is 11.1 Å². The van der Waals surface area contributed by atoms with E-state index < -0.39 is 17.0 Å². The minimum absolute atomic E-state index is 0.0417. The molecule has 0 atom stereocenters. The van der Waals surface area contributed by atoms with E-state index in [0.717, 1.165) is 26.8 Å². The van der Waals surface area contributed by atoms with Gasteiger partial charge in [0.05, 0.1) is 11.4 Å². The summed E-state index contributed by atoms with van der Waals surface area (Å²) < 4.78 is 14.6. The fourth-order valence-electron chi connectivity index (χ4n) is 2.58. The van der Waals surface area contributed by atoms with Gasteiger partial charge in [-0.2, -0.15) is 0 Å². The molecule has 3 rings (SSSR count). The van der Waals surface area contributed by atoms with Crippen molar-refractivity contribution in [3.05, 3.63) is 69.3 Å². The number of carbonyl (C=O) groups is 3. The van der Waals surface area contributed by atoms with Crippen molar-refractivity contribution in [2.75, 3.05) is 25.0 Å². The molecule has 2 N–H and O–H groups in total. The van der Waals surface area contributed by atoms with Crippen molar-refractivity contribution in [1.82, 2.24) is 10.2 Å². The van der Waals surface area contributed by atoms with E-state index in [1.807, 2.05) is 24.3 Å². The van der Waals surface area contributed by atoms with Crippen molar-refractivity contribution in [1.29, 1.82) is 0 Å². The number of rotatable bonds is 7. The van der Waals surface area contributed by atoms with Gasteiger partial charge in [0.1, 0.15) is 5.82 Å². The Morgan fingerprint density at radius 2 is 1.86 bits per heavy atom. The highest BCUT2D eigenvalue weighted by molar-refractivity contribution is 9.10. The first-order valence-corrected chi connectivity index (χ1v) is 10.3. The highest BCUT2D eigenvalue weighted by Gasteiger charge is 2.34. The zero-order chi connectivity index (χ0) is 20.8. The molecule has 1 heterocycles. The molecule has 1 aliphatic heterocycles. The molecule has 1 saturated heterocycles. The largest absolute Gasteiger partial charge is 0.375 e. The Bertz CT molecular complexity index is 983. The molecule has 6 nitrogen and oxygen atoms in total. The molecule has 0 spiro atoms. The third-order valence-corrected chi connectivity index (χ3v) is 5.64. The van der Waals surface area contributed by atoms with Crippen molar-refractivity contribution < 1.29 is 18.8 Å². The smallest absolute Gasteiger partial charge is 0.293 e. The minimum atomic E-state index is -0.496. The predicted molar refractivity (Wildman–Crippen MR) is 115 cm³/mol. The van der Waals surface area contributed by atoms with Gasteiger partial charge in [-0.25, -0.2) is 4.39 Å². The van der Waals surface area contributed by atoms with E-state index in [-0.39, 0.29) is 36.0 Å². The van der Waals surface area contributed by atoms with E-state index in [1.165, 1.54) is 18.2 Å². The zero-order valence-electron chi connectivity index (χ0n) is 15.2. The summed E-state index contributed by atoms with van der Waals surface area (Å²) in [6, 6.07) is 13.4. The molecule has 29 heavy (non-hydrogen) atoms. The zero-order valence-corrected chi connectivity index (χ0v) is 17.6. The lowest BCUT2D eigenvalue weighted by molar-refractivity contribution is -0.123. The van der Waals surface area contributed by atoms with Gasteiger partial charge < -0.3 is 10.6 Å². The summed E-state index contributed by atoms with van der Waals surface area (Å²) in [5.74, 6) is -1.23. The number of benzene rings is 2. The van der Waals surface area contributed by atoms with Gasteiger partial charge in [0.2, 0.25) is 5.91 Å². The molecule has 0 saturated carbocycles. The third kappa shape index (κ3) is 5.45. The van der Waals surface area contributed by atoms with Gasteiger partial charge in [0.15, 0.2) is 0 Å². The Labute approximate surface area is 179 Å². The Balaban J connectivity index is 1.50. The van der Waals surface area contributed by atoms with Gasteiger partial charge in [-0.3, -0.25) is 19.3 Å². The molecule has 150 valence electrons. The van der Waals surface area contributed by atoms with Crippen LogP contribution in [-0.4, -0.2) is 41.6 Å². The average Bonchev–Trinajstić information content (AvgIpc) is 2.96. The number of hydrogen-bond acceptors (Lipinski definition) is 5. The van der Waals surface area contributed by atoms with Crippen LogP contribution in [0.15, 0.2) is 57.9 Å². The van der Waals surface area contributed by atoms with Gasteiger partial charge in [-0.05, 0) is 52.0 Å². The monoisotopic (exact) mass is 477 g/mol. The second kappa shape index (κ2) is 9.71. The standard InChI is InChI=1S/C20H17BrFN3O3S/c21-14-6-2-4-8-16(14)24-12-18(26)23-9-10-25-19(27)17(29-20(25)28)11-13-5-1-3-7-15(13)22/h1-8,11,24H,9-10,12H2,(H,23,26)/b17-11-. The van der Waals surface area contributed by atoms with Gasteiger partial charge >= 0.3 is 0 Å². The highest BCUT2D eigenvalue weighted by Crippen LogP contribution is 2.32. The Kier molecular flexibility index (Phi) is 7.05. The topological polar surface area (TPSA) is 78.5 Å². The number of imide groups is 1. The van der Waals surface area contributed by atoms with E-state index >= 15 is 0 Å². The lowest BCUT2D eigenvalue weighted by Crippen LogP contribution is -2.39. The number of anilines is 1. The molecule has 0 unspecified atom stereocenters. The molecule has 0 radical (unpaired) electrons.